The maximum absolute atomic E-state index is 6.03. The normalized spacial score (nSPS) is 14.3. The van der Waals surface area contributed by atoms with Gasteiger partial charge in [-0.05, 0) is 184 Å². The Labute approximate surface area is 602 Å². The summed E-state index contributed by atoms with van der Waals surface area (Å²) in [5.74, 6) is 0.608. The maximum atomic E-state index is 6.03. The number of fused-ring (bicyclic) bond motifs is 20. The van der Waals surface area contributed by atoms with Crippen LogP contribution in [-0.4, -0.2) is 23.7 Å². The molecule has 0 spiro atoms. The zero-order valence-electron chi connectivity index (χ0n) is 58.7. The Morgan fingerprint density at radius 1 is 0.221 bits per heavy atom. The van der Waals surface area contributed by atoms with Gasteiger partial charge in [0.15, 0.2) is 0 Å². The van der Waals surface area contributed by atoms with Gasteiger partial charge in [0, 0.05) is 70.6 Å². The third kappa shape index (κ3) is 8.15. The average molecular weight is 1330 g/mol. The largest absolute Gasteiger partial charge is 0.309 e. The maximum Gasteiger partial charge on any atom is 0.235 e. The summed E-state index contributed by atoms with van der Waals surface area (Å²) in [7, 11) is 0. The lowest BCUT2D eigenvalue weighted by Gasteiger charge is -2.21. The third-order valence-corrected chi connectivity index (χ3v) is 24.3. The van der Waals surface area contributed by atoms with Crippen LogP contribution in [-0.2, 0) is 16.2 Å². The van der Waals surface area contributed by atoms with Crippen molar-refractivity contribution >= 4 is 87.1 Å². The van der Waals surface area contributed by atoms with Gasteiger partial charge < -0.3 is 9.13 Å². The number of nitrogens with zero attached hydrogens (tertiary/aromatic N) is 5. The van der Waals surface area contributed by atoms with Gasteiger partial charge in [-0.15, -0.1) is 0 Å². The molecule has 3 aliphatic carbocycles. The van der Waals surface area contributed by atoms with E-state index < -0.39 is 0 Å². The summed E-state index contributed by atoms with van der Waals surface area (Å²) >= 11 is 0. The highest BCUT2D eigenvalue weighted by atomic mass is 15.2. The second-order valence-corrected chi connectivity index (χ2v) is 30.8. The van der Waals surface area contributed by atoms with E-state index in [-0.39, 0.29) is 16.2 Å². The van der Waals surface area contributed by atoms with Crippen LogP contribution in [0.1, 0.15) is 74.9 Å². The molecular formula is C99H69N5. The SMILES string of the molecule is CC1(C)c2ccccc2-c2cc(-c3ccc4c5ccccc5n(-c5ccc6nc(-n7c8ccccc8c8ccc(-c9ccc%10c(c9)-c9ccccc9C%10(C)C)cc87)nc(-c7ccc(-n8c9ccccc9c9ccc(-c%10ccc%11c(c%10)-c%10ccccc%10C%11(C)C)cc98)c8ccccc78)c6c5)c4c3)ccc21. The lowest BCUT2D eigenvalue weighted by Crippen LogP contribution is -2.14. The number of hydrogen-bond acceptors (Lipinski definition) is 2. The minimum atomic E-state index is -0.0923. The summed E-state index contributed by atoms with van der Waals surface area (Å²) < 4.78 is 7.28. The van der Waals surface area contributed by atoms with E-state index in [0.29, 0.717) is 5.95 Å². The lowest BCUT2D eigenvalue weighted by atomic mass is 9.82. The van der Waals surface area contributed by atoms with Crippen molar-refractivity contribution in [1.82, 2.24) is 23.7 Å². The van der Waals surface area contributed by atoms with Gasteiger partial charge in [0.25, 0.3) is 0 Å². The van der Waals surface area contributed by atoms with Crippen LogP contribution in [0.3, 0.4) is 0 Å². The molecule has 490 valence electrons. The van der Waals surface area contributed by atoms with Crippen molar-refractivity contribution in [3.8, 4) is 95.3 Å². The molecule has 4 aromatic heterocycles. The highest BCUT2D eigenvalue weighted by molar-refractivity contribution is 6.15. The van der Waals surface area contributed by atoms with E-state index in [2.05, 4.69) is 365 Å². The standard InChI is InChI=1S/C99H69N5/c1-97(2)81-29-15-9-22-66(81)77-51-58(38-46-84(77)97)61-35-42-73-70-26-12-18-32-88(70)102(92(73)54-61)64-41-49-87-80(57-64)95(101-96(100-87)104-90-34-20-14-28-72(90)75-44-37-63(56-94(75)104)60-40-48-86-79(53-60)68-24-11-17-31-83(68)99(86,5)6)76-45-50-91(69-25-8-7-21-65(69)76)103-89-33-19-13-27-71(89)74-43-36-62(55-93(74)103)59-39-47-85-78(52-59)67-23-10-16-30-82(67)98(85,3)4/h7-57H,1-6H3. The highest BCUT2D eigenvalue weighted by Crippen LogP contribution is 2.54. The lowest BCUT2D eigenvalue weighted by molar-refractivity contribution is 0.660. The van der Waals surface area contributed by atoms with Gasteiger partial charge in [-0.25, -0.2) is 9.97 Å². The molecule has 0 N–H and O–H groups in total. The molecule has 0 bridgehead atoms. The van der Waals surface area contributed by atoms with Crippen LogP contribution in [0.2, 0.25) is 0 Å². The molecule has 5 nitrogen and oxygen atoms in total. The molecule has 4 heterocycles. The fraction of sp³-hybridized carbons (Fsp3) is 0.0909. The monoisotopic (exact) mass is 1330 g/mol. The van der Waals surface area contributed by atoms with E-state index in [4.69, 9.17) is 9.97 Å². The summed E-state index contributed by atoms with van der Waals surface area (Å²) in [5.41, 5.74) is 34.4. The molecule has 0 radical (unpaired) electrons. The number of para-hydroxylation sites is 3. The molecule has 0 atom stereocenters. The Morgan fingerprint density at radius 2 is 0.577 bits per heavy atom. The van der Waals surface area contributed by atoms with E-state index in [1.807, 2.05) is 0 Å². The quantitative estimate of drug-likeness (QED) is 0.160. The topological polar surface area (TPSA) is 40.6 Å². The van der Waals surface area contributed by atoms with Crippen molar-refractivity contribution in [2.45, 2.75) is 57.8 Å². The highest BCUT2D eigenvalue weighted by Gasteiger charge is 2.38. The van der Waals surface area contributed by atoms with Gasteiger partial charge in [-0.2, -0.15) is 0 Å². The van der Waals surface area contributed by atoms with Crippen molar-refractivity contribution in [1.29, 1.82) is 0 Å². The Balaban J connectivity index is 0.762. The van der Waals surface area contributed by atoms with Crippen LogP contribution in [0.15, 0.2) is 309 Å². The van der Waals surface area contributed by atoms with E-state index in [9.17, 15) is 0 Å². The second-order valence-electron chi connectivity index (χ2n) is 30.8. The van der Waals surface area contributed by atoms with E-state index >= 15 is 0 Å². The van der Waals surface area contributed by atoms with Gasteiger partial charge in [-0.3, -0.25) is 4.57 Å². The molecule has 0 amide bonds. The van der Waals surface area contributed by atoms with Gasteiger partial charge in [0.1, 0.15) is 0 Å². The molecule has 19 aromatic rings. The molecule has 0 unspecified atom stereocenters. The molecule has 0 saturated heterocycles. The number of benzene rings is 15. The molecule has 15 aromatic carbocycles. The molecule has 0 fully saturated rings. The first-order valence-electron chi connectivity index (χ1n) is 36.5. The second kappa shape index (κ2) is 21.2. The van der Waals surface area contributed by atoms with E-state index in [1.165, 1.54) is 116 Å². The summed E-state index contributed by atoms with van der Waals surface area (Å²) in [6, 6.07) is 116. The molecule has 0 saturated carbocycles. The predicted octanol–water partition coefficient (Wildman–Crippen LogP) is 25.7. The fourth-order valence-electron chi connectivity index (χ4n) is 19.1. The summed E-state index contributed by atoms with van der Waals surface area (Å²) in [6.45, 7) is 14.1. The van der Waals surface area contributed by atoms with Gasteiger partial charge in [0.2, 0.25) is 5.95 Å². The zero-order valence-corrected chi connectivity index (χ0v) is 58.7. The molecule has 0 aliphatic heterocycles. The predicted molar refractivity (Wildman–Crippen MR) is 434 cm³/mol. The van der Waals surface area contributed by atoms with Gasteiger partial charge in [0.05, 0.1) is 50.0 Å². The van der Waals surface area contributed by atoms with E-state index in [1.54, 1.807) is 0 Å². The Kier molecular flexibility index (Phi) is 12.0. The van der Waals surface area contributed by atoms with Crippen LogP contribution < -0.4 is 0 Å². The van der Waals surface area contributed by atoms with Crippen LogP contribution in [0.25, 0.3) is 182 Å². The van der Waals surface area contributed by atoms with Crippen LogP contribution in [0.4, 0.5) is 0 Å². The Morgan fingerprint density at radius 3 is 1.06 bits per heavy atom. The summed E-state index contributed by atoms with van der Waals surface area (Å²) in [4.78, 5) is 11.8. The van der Waals surface area contributed by atoms with Crippen LogP contribution in [0, 0.1) is 0 Å². The summed E-state index contributed by atoms with van der Waals surface area (Å²) in [6.07, 6.45) is 0. The molecule has 22 rings (SSSR count). The van der Waals surface area contributed by atoms with E-state index in [0.717, 1.165) is 93.7 Å². The average Bonchev–Trinajstić information content (AvgIpc) is 1.46. The number of hydrogen-bond donors (Lipinski definition) is 0. The first kappa shape index (κ1) is 59.0. The van der Waals surface area contributed by atoms with Crippen LogP contribution >= 0.6 is 0 Å². The van der Waals surface area contributed by atoms with Crippen LogP contribution in [0.5, 0.6) is 0 Å². The minimum Gasteiger partial charge on any atom is -0.309 e. The first-order chi connectivity index (χ1) is 50.8. The number of aromatic nitrogens is 5. The van der Waals surface area contributed by atoms with Crippen molar-refractivity contribution in [3.63, 3.8) is 0 Å². The number of rotatable bonds is 7. The zero-order chi connectivity index (χ0) is 69.2. The minimum absolute atomic E-state index is 0.0755. The smallest absolute Gasteiger partial charge is 0.235 e. The van der Waals surface area contributed by atoms with Gasteiger partial charge >= 0.3 is 0 Å². The fourth-order valence-corrected chi connectivity index (χ4v) is 19.1. The van der Waals surface area contributed by atoms with Crippen molar-refractivity contribution < 1.29 is 0 Å². The molecular weight excluding hydrogens is 1260 g/mol. The Hall–Kier alpha value is -12.7. The van der Waals surface area contributed by atoms with Crippen molar-refractivity contribution in [2.24, 2.45) is 0 Å². The molecule has 104 heavy (non-hydrogen) atoms. The summed E-state index contributed by atoms with van der Waals surface area (Å²) in [5, 5.41) is 10.3. The van der Waals surface area contributed by atoms with Crippen molar-refractivity contribution in [2.75, 3.05) is 0 Å². The van der Waals surface area contributed by atoms with Gasteiger partial charge in [-0.1, -0.05) is 272 Å². The van der Waals surface area contributed by atoms with Crippen molar-refractivity contribution in [3.05, 3.63) is 343 Å². The third-order valence-electron chi connectivity index (χ3n) is 24.3. The Bertz CT molecular complexity index is 7020. The molecule has 3 aliphatic rings. The first-order valence-corrected chi connectivity index (χ1v) is 36.5. The molecule has 5 heteroatoms.